The van der Waals surface area contributed by atoms with Crippen molar-refractivity contribution in [1.82, 2.24) is 15.0 Å². The smallest absolute Gasteiger partial charge is 0.334 e. The van der Waals surface area contributed by atoms with Gasteiger partial charge in [-0.3, -0.25) is 4.98 Å². The Morgan fingerprint density at radius 3 is 2.33 bits per heavy atom. The summed E-state index contributed by atoms with van der Waals surface area (Å²) in [5, 5.41) is 0. The Hall–Kier alpha value is -2.75. The molecule has 10 heteroatoms. The van der Waals surface area contributed by atoms with Gasteiger partial charge in [-0.25, -0.2) is 17.8 Å². The van der Waals surface area contributed by atoms with Gasteiger partial charge in [-0.2, -0.15) is 13.2 Å². The van der Waals surface area contributed by atoms with Crippen LogP contribution in [0.5, 0.6) is 0 Å². The number of nitrogens with one attached hydrogen (secondary N) is 1. The average molecular weight is 399 g/mol. The van der Waals surface area contributed by atoms with Crippen molar-refractivity contribution in [3.63, 3.8) is 0 Å². The number of alkyl halides is 3. The molecule has 3 aromatic rings. The van der Waals surface area contributed by atoms with Crippen LogP contribution >= 0.6 is 0 Å². The van der Waals surface area contributed by atoms with E-state index in [1.54, 1.807) is 13.0 Å². The maximum atomic E-state index is 14.2. The van der Waals surface area contributed by atoms with Crippen LogP contribution in [-0.4, -0.2) is 29.6 Å². The predicted molar refractivity (Wildman–Crippen MR) is 90.1 cm³/mol. The Labute approximate surface area is 152 Å². The maximum absolute atomic E-state index is 14.2. The van der Waals surface area contributed by atoms with Crippen LogP contribution in [0, 0.1) is 12.7 Å². The van der Waals surface area contributed by atoms with Crippen molar-refractivity contribution in [2.24, 2.45) is 0 Å². The van der Waals surface area contributed by atoms with Gasteiger partial charge in [0.15, 0.2) is 9.84 Å². The number of sulfone groups is 1. The number of nitrogens with zero attached hydrogens (tertiary/aromatic N) is 2. The summed E-state index contributed by atoms with van der Waals surface area (Å²) in [6, 6.07) is 4.68. The van der Waals surface area contributed by atoms with Crippen LogP contribution in [-0.2, 0) is 16.0 Å². The van der Waals surface area contributed by atoms with Crippen LogP contribution in [0.4, 0.5) is 17.6 Å². The quantitative estimate of drug-likeness (QED) is 0.676. The first-order valence-corrected chi connectivity index (χ1v) is 9.45. The van der Waals surface area contributed by atoms with E-state index in [2.05, 4.69) is 15.0 Å². The maximum Gasteiger partial charge on any atom is 0.449 e. The van der Waals surface area contributed by atoms with Crippen molar-refractivity contribution in [2.75, 3.05) is 6.26 Å². The van der Waals surface area contributed by atoms with E-state index in [0.717, 1.165) is 18.4 Å². The highest BCUT2D eigenvalue weighted by Crippen LogP contribution is 2.36. The fraction of sp³-hybridized carbons (Fsp3) is 0.176. The number of halogens is 4. The summed E-state index contributed by atoms with van der Waals surface area (Å²) >= 11 is 0. The number of hydrogen-bond donors (Lipinski definition) is 1. The molecule has 0 amide bonds. The first-order chi connectivity index (χ1) is 12.5. The minimum atomic E-state index is -4.74. The number of aromatic nitrogens is 3. The van der Waals surface area contributed by atoms with Crippen molar-refractivity contribution in [3.8, 4) is 22.5 Å². The zero-order chi connectivity index (χ0) is 20.0. The Bertz CT molecular complexity index is 1120. The Morgan fingerprint density at radius 1 is 1.07 bits per heavy atom. The second-order valence-electron chi connectivity index (χ2n) is 5.98. The lowest BCUT2D eigenvalue weighted by Gasteiger charge is -2.06. The summed E-state index contributed by atoms with van der Waals surface area (Å²) in [6.45, 7) is 1.72. The van der Waals surface area contributed by atoms with Crippen LogP contribution in [0.25, 0.3) is 22.5 Å². The van der Waals surface area contributed by atoms with E-state index in [4.69, 9.17) is 0 Å². The first-order valence-electron chi connectivity index (χ1n) is 7.56. The van der Waals surface area contributed by atoms with Crippen molar-refractivity contribution >= 4 is 9.84 Å². The van der Waals surface area contributed by atoms with E-state index < -0.39 is 32.6 Å². The average Bonchev–Trinajstić information content (AvgIpc) is 2.99. The van der Waals surface area contributed by atoms with E-state index in [9.17, 15) is 26.0 Å². The molecule has 0 fully saturated rings. The van der Waals surface area contributed by atoms with Gasteiger partial charge in [0.2, 0.25) is 5.82 Å². The second-order valence-corrected chi connectivity index (χ2v) is 7.96. The van der Waals surface area contributed by atoms with Gasteiger partial charge in [0.1, 0.15) is 10.7 Å². The fourth-order valence-electron chi connectivity index (χ4n) is 2.57. The summed E-state index contributed by atoms with van der Waals surface area (Å²) in [5.41, 5.74) is 0.885. The Kier molecular flexibility index (Phi) is 4.54. The number of imidazole rings is 1. The predicted octanol–water partition coefficient (Wildman–Crippen LogP) is 4.01. The summed E-state index contributed by atoms with van der Waals surface area (Å²) in [4.78, 5) is 9.17. The van der Waals surface area contributed by atoms with Crippen molar-refractivity contribution in [1.29, 1.82) is 0 Å². The molecule has 0 unspecified atom stereocenters. The lowest BCUT2D eigenvalue weighted by molar-refractivity contribution is -0.144. The number of rotatable bonds is 3. The minimum Gasteiger partial charge on any atom is -0.334 e. The molecule has 142 valence electrons. The Balaban J connectivity index is 2.23. The number of benzene rings is 1. The van der Waals surface area contributed by atoms with E-state index in [0.29, 0.717) is 11.1 Å². The van der Waals surface area contributed by atoms with Crippen molar-refractivity contribution < 1.29 is 26.0 Å². The van der Waals surface area contributed by atoms with E-state index in [1.165, 1.54) is 18.5 Å². The molecule has 2 heterocycles. The number of pyridine rings is 1. The summed E-state index contributed by atoms with van der Waals surface area (Å²) in [6.07, 6.45) is -1.03. The zero-order valence-corrected chi connectivity index (χ0v) is 14.9. The highest BCUT2D eigenvalue weighted by molar-refractivity contribution is 7.90. The molecule has 5 nitrogen and oxygen atoms in total. The van der Waals surface area contributed by atoms with Gasteiger partial charge < -0.3 is 4.98 Å². The van der Waals surface area contributed by atoms with Crippen molar-refractivity contribution in [2.45, 2.75) is 18.0 Å². The van der Waals surface area contributed by atoms with Crippen LogP contribution in [0.2, 0.25) is 0 Å². The molecule has 0 saturated carbocycles. The van der Waals surface area contributed by atoms with E-state index in [1.807, 2.05) is 0 Å². The fourth-order valence-corrected chi connectivity index (χ4v) is 3.30. The molecular formula is C17H13F4N3O2S. The number of H-pyrrole nitrogens is 1. The zero-order valence-electron chi connectivity index (χ0n) is 14.1. The molecule has 27 heavy (non-hydrogen) atoms. The molecule has 0 aliphatic carbocycles. The molecule has 0 atom stereocenters. The van der Waals surface area contributed by atoms with Crippen LogP contribution < -0.4 is 0 Å². The third kappa shape index (κ3) is 3.85. The lowest BCUT2D eigenvalue weighted by Crippen LogP contribution is -2.07. The molecule has 0 aliphatic rings. The second kappa shape index (κ2) is 6.45. The van der Waals surface area contributed by atoms with Gasteiger partial charge in [0.05, 0.1) is 11.4 Å². The van der Waals surface area contributed by atoms with E-state index in [-0.39, 0.29) is 17.0 Å². The molecule has 0 bridgehead atoms. The summed E-state index contributed by atoms with van der Waals surface area (Å²) in [5.74, 6) is -2.31. The molecule has 0 saturated heterocycles. The molecule has 3 rings (SSSR count). The van der Waals surface area contributed by atoms with Gasteiger partial charge >= 0.3 is 6.18 Å². The minimum absolute atomic E-state index is 0.0272. The molecule has 0 radical (unpaired) electrons. The van der Waals surface area contributed by atoms with Crippen LogP contribution in [0.1, 0.15) is 11.4 Å². The van der Waals surface area contributed by atoms with Gasteiger partial charge in [-0.1, -0.05) is 6.07 Å². The standard InChI is InChI=1S/C17H13F4N3O2S/c1-9-5-11(8-22-7-9)15-14(23-16(24-15)17(19,20)21)10-3-4-13(12(18)6-10)27(2,25)26/h3-8H,1-2H3,(H,23,24). The van der Waals surface area contributed by atoms with Gasteiger partial charge in [0, 0.05) is 29.8 Å². The highest BCUT2D eigenvalue weighted by atomic mass is 32.2. The largest absolute Gasteiger partial charge is 0.449 e. The van der Waals surface area contributed by atoms with Gasteiger partial charge in [-0.05, 0) is 30.7 Å². The third-order valence-corrected chi connectivity index (χ3v) is 4.87. The van der Waals surface area contributed by atoms with Gasteiger partial charge in [-0.15, -0.1) is 0 Å². The molecular weight excluding hydrogens is 386 g/mol. The van der Waals surface area contributed by atoms with Crippen LogP contribution in [0.15, 0.2) is 41.6 Å². The monoisotopic (exact) mass is 399 g/mol. The van der Waals surface area contributed by atoms with Gasteiger partial charge in [0.25, 0.3) is 0 Å². The number of hydrogen-bond acceptors (Lipinski definition) is 4. The summed E-state index contributed by atoms with van der Waals surface area (Å²) < 4.78 is 76.7. The topological polar surface area (TPSA) is 75.7 Å². The molecule has 1 aromatic carbocycles. The SMILES string of the molecule is Cc1cncc(-c2nc(C(F)(F)F)[nH]c2-c2ccc(S(C)(=O)=O)c(F)c2)c1. The molecule has 2 aromatic heterocycles. The summed E-state index contributed by atoms with van der Waals surface area (Å²) in [7, 11) is -3.81. The molecule has 0 spiro atoms. The van der Waals surface area contributed by atoms with Crippen molar-refractivity contribution in [3.05, 3.63) is 53.9 Å². The molecule has 0 aliphatic heterocycles. The van der Waals surface area contributed by atoms with E-state index >= 15 is 0 Å². The highest BCUT2D eigenvalue weighted by Gasteiger charge is 2.36. The van der Waals surface area contributed by atoms with Crippen LogP contribution in [0.3, 0.4) is 0 Å². The number of aryl methyl sites for hydroxylation is 1. The molecule has 1 N–H and O–H groups in total. The lowest BCUT2D eigenvalue weighted by atomic mass is 10.1. The Morgan fingerprint density at radius 2 is 1.78 bits per heavy atom. The normalized spacial score (nSPS) is 12.4. The third-order valence-electron chi connectivity index (χ3n) is 3.74. The number of aromatic amines is 1. The first kappa shape index (κ1) is 19.0.